The number of aliphatic imine (C=N–C) groups is 1. The number of rotatable bonds is 4. The number of isothiocyanates is 1. The fraction of sp³-hybridized carbons (Fsp3) is 0.923. The van der Waals surface area contributed by atoms with Crippen LogP contribution in [-0.4, -0.2) is 11.2 Å². The lowest BCUT2D eigenvalue weighted by Crippen LogP contribution is -2.35. The van der Waals surface area contributed by atoms with Gasteiger partial charge in [-0.05, 0) is 42.8 Å². The second-order valence-corrected chi connectivity index (χ2v) is 4.98. The van der Waals surface area contributed by atoms with E-state index in [9.17, 15) is 0 Å². The fourth-order valence-electron chi connectivity index (χ4n) is 3.04. The molecule has 0 spiro atoms. The van der Waals surface area contributed by atoms with Gasteiger partial charge in [0.2, 0.25) is 0 Å². The van der Waals surface area contributed by atoms with Crippen LogP contribution >= 0.6 is 12.2 Å². The second kappa shape index (κ2) is 6.40. The molecule has 86 valence electrons. The largest absolute Gasteiger partial charge is 0.229 e. The first-order valence-corrected chi connectivity index (χ1v) is 6.74. The maximum atomic E-state index is 4.78. The van der Waals surface area contributed by atoms with Gasteiger partial charge in [-0.3, -0.25) is 0 Å². The Balaban J connectivity index is 2.77. The molecule has 0 heterocycles. The predicted molar refractivity (Wildman–Crippen MR) is 69.4 cm³/mol. The van der Waals surface area contributed by atoms with Crippen LogP contribution in [0.15, 0.2) is 4.99 Å². The van der Waals surface area contributed by atoms with Crippen molar-refractivity contribution in [1.29, 1.82) is 0 Å². The molecular weight excluding hydrogens is 202 g/mol. The van der Waals surface area contributed by atoms with Crippen LogP contribution in [0.25, 0.3) is 0 Å². The Bertz CT molecular complexity index is 219. The maximum absolute atomic E-state index is 4.78. The molecule has 2 atom stereocenters. The van der Waals surface area contributed by atoms with E-state index in [0.717, 1.165) is 17.8 Å². The van der Waals surface area contributed by atoms with E-state index in [1.807, 2.05) is 0 Å². The molecule has 1 nitrogen and oxygen atoms in total. The van der Waals surface area contributed by atoms with Gasteiger partial charge >= 0.3 is 0 Å². The molecule has 0 aromatic carbocycles. The zero-order valence-electron chi connectivity index (χ0n) is 10.2. The topological polar surface area (TPSA) is 12.4 Å². The number of hydrogen-bond acceptors (Lipinski definition) is 2. The van der Waals surface area contributed by atoms with Crippen molar-refractivity contribution >= 4 is 17.4 Å². The lowest BCUT2D eigenvalue weighted by Gasteiger charge is -2.38. The molecule has 15 heavy (non-hydrogen) atoms. The van der Waals surface area contributed by atoms with Crippen molar-refractivity contribution in [2.45, 2.75) is 58.9 Å². The summed E-state index contributed by atoms with van der Waals surface area (Å²) in [5, 5.41) is 2.61. The Morgan fingerprint density at radius 2 is 1.60 bits per heavy atom. The van der Waals surface area contributed by atoms with E-state index in [2.05, 4.69) is 30.9 Å². The molecule has 0 aromatic heterocycles. The zero-order chi connectivity index (χ0) is 11.3. The highest BCUT2D eigenvalue weighted by atomic mass is 32.1. The van der Waals surface area contributed by atoms with Crippen molar-refractivity contribution in [3.05, 3.63) is 0 Å². The van der Waals surface area contributed by atoms with E-state index in [0.29, 0.717) is 6.04 Å². The van der Waals surface area contributed by atoms with E-state index < -0.39 is 0 Å². The first-order chi connectivity index (χ1) is 7.26. The maximum Gasteiger partial charge on any atom is 0.0659 e. The molecule has 0 amide bonds. The third-order valence-corrected chi connectivity index (χ3v) is 4.17. The first-order valence-electron chi connectivity index (χ1n) is 6.33. The van der Waals surface area contributed by atoms with Gasteiger partial charge < -0.3 is 0 Å². The van der Waals surface area contributed by atoms with Crippen LogP contribution < -0.4 is 0 Å². The summed E-state index contributed by atoms with van der Waals surface area (Å²) < 4.78 is 0. The number of hydrogen-bond donors (Lipinski definition) is 0. The van der Waals surface area contributed by atoms with Crippen LogP contribution in [0.3, 0.4) is 0 Å². The van der Waals surface area contributed by atoms with Crippen molar-refractivity contribution in [1.82, 2.24) is 0 Å². The molecule has 0 N–H and O–H groups in total. The van der Waals surface area contributed by atoms with Gasteiger partial charge in [0.25, 0.3) is 0 Å². The smallest absolute Gasteiger partial charge is 0.0659 e. The molecule has 1 saturated carbocycles. The second-order valence-electron chi connectivity index (χ2n) is 4.79. The molecule has 0 saturated heterocycles. The molecule has 0 aromatic rings. The van der Waals surface area contributed by atoms with E-state index in [1.165, 1.54) is 32.1 Å². The molecule has 0 radical (unpaired) electrons. The van der Waals surface area contributed by atoms with E-state index in [4.69, 9.17) is 12.2 Å². The molecule has 1 aliphatic rings. The summed E-state index contributed by atoms with van der Waals surface area (Å²) in [6, 6.07) is 0.459. The van der Waals surface area contributed by atoms with Crippen LogP contribution in [0, 0.1) is 17.8 Å². The first kappa shape index (κ1) is 12.9. The average molecular weight is 225 g/mol. The summed E-state index contributed by atoms with van der Waals surface area (Å²) in [7, 11) is 0. The molecule has 1 aliphatic carbocycles. The predicted octanol–water partition coefficient (Wildman–Crippen LogP) is 4.33. The molecule has 2 heteroatoms. The Labute approximate surface area is 99.4 Å². The van der Waals surface area contributed by atoms with Crippen LogP contribution in [0.2, 0.25) is 0 Å². The van der Waals surface area contributed by atoms with Gasteiger partial charge in [0, 0.05) is 0 Å². The van der Waals surface area contributed by atoms with Gasteiger partial charge in [0.15, 0.2) is 0 Å². The van der Waals surface area contributed by atoms with Crippen LogP contribution in [0.5, 0.6) is 0 Å². The van der Waals surface area contributed by atoms with Crippen molar-refractivity contribution in [3.63, 3.8) is 0 Å². The summed E-state index contributed by atoms with van der Waals surface area (Å²) >= 11 is 4.78. The highest BCUT2D eigenvalue weighted by Gasteiger charge is 2.34. The Morgan fingerprint density at radius 3 is 1.93 bits per heavy atom. The van der Waals surface area contributed by atoms with Crippen LogP contribution in [0.1, 0.15) is 52.9 Å². The number of thiocarbonyl (C=S) groups is 1. The van der Waals surface area contributed by atoms with E-state index in [1.54, 1.807) is 0 Å². The van der Waals surface area contributed by atoms with Crippen molar-refractivity contribution in [3.8, 4) is 0 Å². The standard InChI is InChI=1S/C13H23NS/c1-4-10-7-11(5-2)13(14-9-15)12(6-3)8-10/h10-13H,4-8H2,1-3H3. The SMILES string of the molecule is CCC1CC(CC)C(N=C=S)C(CC)C1. The number of nitrogens with zero attached hydrogens (tertiary/aromatic N) is 1. The summed E-state index contributed by atoms with van der Waals surface area (Å²) in [6.45, 7) is 6.87. The fourth-order valence-corrected chi connectivity index (χ4v) is 3.16. The lowest BCUT2D eigenvalue weighted by atomic mass is 9.69. The normalized spacial score (nSPS) is 35.9. The molecule has 1 rings (SSSR count). The van der Waals surface area contributed by atoms with Crippen molar-refractivity contribution in [2.24, 2.45) is 22.7 Å². The third kappa shape index (κ3) is 3.12. The minimum atomic E-state index is 0.459. The van der Waals surface area contributed by atoms with Gasteiger partial charge in [0.05, 0.1) is 11.2 Å². The van der Waals surface area contributed by atoms with Gasteiger partial charge in [-0.15, -0.1) is 0 Å². The highest BCUT2D eigenvalue weighted by Crippen LogP contribution is 2.39. The molecule has 2 unspecified atom stereocenters. The van der Waals surface area contributed by atoms with Gasteiger partial charge in [-0.25, -0.2) is 4.99 Å². The summed E-state index contributed by atoms with van der Waals surface area (Å²) in [6.07, 6.45) is 6.47. The van der Waals surface area contributed by atoms with E-state index >= 15 is 0 Å². The van der Waals surface area contributed by atoms with Gasteiger partial charge in [0.1, 0.15) is 0 Å². The quantitative estimate of drug-likeness (QED) is 0.512. The van der Waals surface area contributed by atoms with Crippen molar-refractivity contribution in [2.75, 3.05) is 0 Å². The average Bonchev–Trinajstić information content (AvgIpc) is 2.29. The van der Waals surface area contributed by atoms with Crippen molar-refractivity contribution < 1.29 is 0 Å². The summed E-state index contributed by atoms with van der Waals surface area (Å²) in [5.74, 6) is 2.39. The molecule has 0 bridgehead atoms. The van der Waals surface area contributed by atoms with Crippen LogP contribution in [-0.2, 0) is 0 Å². The van der Waals surface area contributed by atoms with Crippen LogP contribution in [0.4, 0.5) is 0 Å². The Morgan fingerprint density at radius 1 is 1.07 bits per heavy atom. The van der Waals surface area contributed by atoms with E-state index in [-0.39, 0.29) is 0 Å². The van der Waals surface area contributed by atoms with Gasteiger partial charge in [-0.1, -0.05) is 40.0 Å². The zero-order valence-corrected chi connectivity index (χ0v) is 11.0. The summed E-state index contributed by atoms with van der Waals surface area (Å²) in [5.41, 5.74) is 0. The Kier molecular flexibility index (Phi) is 5.49. The highest BCUT2D eigenvalue weighted by molar-refractivity contribution is 7.78. The lowest BCUT2D eigenvalue weighted by molar-refractivity contribution is 0.152. The molecule has 0 aliphatic heterocycles. The molecular formula is C13H23NS. The monoisotopic (exact) mass is 225 g/mol. The third-order valence-electron chi connectivity index (χ3n) is 4.07. The Hall–Kier alpha value is -0.200. The van der Waals surface area contributed by atoms with Gasteiger partial charge in [-0.2, -0.15) is 0 Å². The minimum Gasteiger partial charge on any atom is -0.229 e. The molecule has 1 fully saturated rings. The minimum absolute atomic E-state index is 0.459. The summed E-state index contributed by atoms with van der Waals surface area (Å²) in [4.78, 5) is 4.42.